The van der Waals surface area contributed by atoms with Gasteiger partial charge in [0.15, 0.2) is 0 Å². The van der Waals surface area contributed by atoms with E-state index in [2.05, 4.69) is 25.5 Å². The van der Waals surface area contributed by atoms with Gasteiger partial charge in [0.25, 0.3) is 5.56 Å². The van der Waals surface area contributed by atoms with Crippen LogP contribution in [0.4, 0.5) is 0 Å². The van der Waals surface area contributed by atoms with Crippen molar-refractivity contribution in [2.75, 3.05) is 0 Å². The molecule has 4 rings (SSSR count). The number of H-pyrrole nitrogens is 1. The first-order valence-electron chi connectivity index (χ1n) is 8.13. The summed E-state index contributed by atoms with van der Waals surface area (Å²) < 4.78 is 1.70. The third kappa shape index (κ3) is 2.99. The Bertz CT molecular complexity index is 1140. The Hall–Kier alpha value is -3.00. The maximum absolute atomic E-state index is 12.3. The van der Waals surface area contributed by atoms with Crippen molar-refractivity contribution in [1.82, 2.24) is 30.2 Å². The number of aryl methyl sites for hydroxylation is 1. The van der Waals surface area contributed by atoms with Crippen molar-refractivity contribution in [2.24, 2.45) is 0 Å². The molecule has 26 heavy (non-hydrogen) atoms. The van der Waals surface area contributed by atoms with E-state index in [1.165, 1.54) is 11.8 Å². The van der Waals surface area contributed by atoms with Crippen molar-refractivity contribution in [3.8, 4) is 5.69 Å². The van der Waals surface area contributed by atoms with E-state index in [4.69, 9.17) is 0 Å². The van der Waals surface area contributed by atoms with Gasteiger partial charge in [0.05, 0.1) is 21.8 Å². The van der Waals surface area contributed by atoms with E-state index in [0.717, 1.165) is 11.3 Å². The van der Waals surface area contributed by atoms with E-state index in [-0.39, 0.29) is 10.8 Å². The Morgan fingerprint density at radius 3 is 2.73 bits per heavy atom. The fourth-order valence-electron chi connectivity index (χ4n) is 2.72. The predicted molar refractivity (Wildman–Crippen MR) is 101 cm³/mol. The molecule has 0 bridgehead atoms. The van der Waals surface area contributed by atoms with Crippen molar-refractivity contribution in [1.29, 1.82) is 0 Å². The Morgan fingerprint density at radius 1 is 1.12 bits per heavy atom. The lowest BCUT2D eigenvalue weighted by Gasteiger charge is -2.12. The SMILES string of the molecule is Cc1ccccc1-n1nnnc1SC(C)c1nc2ccccc2c(=O)[nH]1. The molecule has 0 saturated heterocycles. The molecular formula is C18H16N6OS. The van der Waals surface area contributed by atoms with E-state index in [1.54, 1.807) is 10.7 Å². The molecule has 0 spiro atoms. The lowest BCUT2D eigenvalue weighted by Crippen LogP contribution is -2.13. The van der Waals surface area contributed by atoms with Crippen LogP contribution in [0.5, 0.6) is 0 Å². The highest BCUT2D eigenvalue weighted by Crippen LogP contribution is 2.32. The van der Waals surface area contributed by atoms with Gasteiger partial charge in [-0.1, -0.05) is 42.1 Å². The van der Waals surface area contributed by atoms with Crippen LogP contribution in [0.25, 0.3) is 16.6 Å². The summed E-state index contributed by atoms with van der Waals surface area (Å²) in [5.74, 6) is 0.595. The monoisotopic (exact) mass is 364 g/mol. The van der Waals surface area contributed by atoms with E-state index < -0.39 is 0 Å². The van der Waals surface area contributed by atoms with Gasteiger partial charge in [-0.2, -0.15) is 4.68 Å². The maximum atomic E-state index is 12.3. The number of thioether (sulfide) groups is 1. The van der Waals surface area contributed by atoms with Gasteiger partial charge < -0.3 is 4.98 Å². The Labute approximate surface area is 153 Å². The number of hydrogen-bond donors (Lipinski definition) is 1. The Balaban J connectivity index is 1.68. The van der Waals surface area contributed by atoms with Crippen LogP contribution in [0.2, 0.25) is 0 Å². The molecule has 1 N–H and O–H groups in total. The van der Waals surface area contributed by atoms with Gasteiger partial charge in [-0.05, 0) is 48.0 Å². The quantitative estimate of drug-likeness (QED) is 0.560. The van der Waals surface area contributed by atoms with E-state index >= 15 is 0 Å². The number of aromatic amines is 1. The summed E-state index contributed by atoms with van der Waals surface area (Å²) in [6, 6.07) is 15.2. The molecule has 4 aromatic rings. The van der Waals surface area contributed by atoms with E-state index in [9.17, 15) is 4.79 Å². The third-order valence-electron chi connectivity index (χ3n) is 4.08. The second kappa shape index (κ2) is 6.72. The molecule has 0 aliphatic carbocycles. The molecule has 0 aliphatic heterocycles. The molecule has 1 unspecified atom stereocenters. The smallest absolute Gasteiger partial charge is 0.258 e. The van der Waals surface area contributed by atoms with Gasteiger partial charge in [-0.3, -0.25) is 4.79 Å². The summed E-state index contributed by atoms with van der Waals surface area (Å²) in [6.07, 6.45) is 0. The summed E-state index contributed by atoms with van der Waals surface area (Å²) >= 11 is 1.44. The van der Waals surface area contributed by atoms with E-state index in [1.807, 2.05) is 56.3 Å². The van der Waals surface area contributed by atoms with Crippen molar-refractivity contribution in [2.45, 2.75) is 24.3 Å². The molecule has 0 amide bonds. The van der Waals surface area contributed by atoms with Crippen molar-refractivity contribution in [3.05, 3.63) is 70.3 Å². The van der Waals surface area contributed by atoms with Gasteiger partial charge in [0, 0.05) is 0 Å². The average molecular weight is 364 g/mol. The number of fused-ring (bicyclic) bond motifs is 1. The van der Waals surface area contributed by atoms with Crippen LogP contribution in [0.15, 0.2) is 58.5 Å². The highest BCUT2D eigenvalue weighted by atomic mass is 32.2. The number of tetrazole rings is 1. The zero-order valence-electron chi connectivity index (χ0n) is 14.2. The molecule has 130 valence electrons. The molecule has 1 atom stereocenters. The van der Waals surface area contributed by atoms with Crippen LogP contribution in [0, 0.1) is 6.92 Å². The average Bonchev–Trinajstić information content (AvgIpc) is 3.10. The second-order valence-electron chi connectivity index (χ2n) is 5.89. The molecule has 0 radical (unpaired) electrons. The number of para-hydroxylation sites is 2. The topological polar surface area (TPSA) is 89.3 Å². The number of rotatable bonds is 4. The molecule has 0 fully saturated rings. The molecule has 0 saturated carbocycles. The second-order valence-corrected chi connectivity index (χ2v) is 7.20. The van der Waals surface area contributed by atoms with Crippen LogP contribution in [0.3, 0.4) is 0 Å². The fourth-order valence-corrected chi connectivity index (χ4v) is 3.57. The number of nitrogens with zero attached hydrogens (tertiary/aromatic N) is 5. The highest BCUT2D eigenvalue weighted by molar-refractivity contribution is 7.99. The predicted octanol–water partition coefficient (Wildman–Crippen LogP) is 3.06. The summed E-state index contributed by atoms with van der Waals surface area (Å²) in [5.41, 5.74) is 2.53. The lowest BCUT2D eigenvalue weighted by atomic mass is 10.2. The zero-order valence-corrected chi connectivity index (χ0v) is 15.1. The van der Waals surface area contributed by atoms with Gasteiger partial charge in [-0.25, -0.2) is 4.98 Å². The molecule has 2 aromatic carbocycles. The van der Waals surface area contributed by atoms with Crippen LogP contribution < -0.4 is 5.56 Å². The van der Waals surface area contributed by atoms with Crippen LogP contribution >= 0.6 is 11.8 Å². The molecular weight excluding hydrogens is 348 g/mol. The van der Waals surface area contributed by atoms with Crippen LogP contribution in [-0.2, 0) is 0 Å². The first kappa shape index (κ1) is 16.5. The lowest BCUT2D eigenvalue weighted by molar-refractivity contribution is 0.749. The summed E-state index contributed by atoms with van der Waals surface area (Å²) in [4.78, 5) is 19.7. The molecule has 2 heterocycles. The first-order valence-corrected chi connectivity index (χ1v) is 9.01. The normalized spacial score (nSPS) is 12.4. The largest absolute Gasteiger partial charge is 0.309 e. The van der Waals surface area contributed by atoms with Crippen molar-refractivity contribution in [3.63, 3.8) is 0 Å². The minimum atomic E-state index is -0.142. The van der Waals surface area contributed by atoms with Crippen molar-refractivity contribution >= 4 is 22.7 Å². The Kier molecular flexibility index (Phi) is 4.26. The highest BCUT2D eigenvalue weighted by Gasteiger charge is 2.18. The standard InChI is InChI=1S/C18H16N6OS/c1-11-7-3-6-10-15(11)24-18(21-22-23-24)26-12(2)16-19-14-9-5-4-8-13(14)17(25)20-16/h3-10,12H,1-2H3,(H,19,20,25). The van der Waals surface area contributed by atoms with Crippen LogP contribution in [0.1, 0.15) is 23.6 Å². The van der Waals surface area contributed by atoms with E-state index in [0.29, 0.717) is 21.9 Å². The molecule has 2 aromatic heterocycles. The third-order valence-corrected chi connectivity index (χ3v) is 5.13. The zero-order chi connectivity index (χ0) is 18.1. The van der Waals surface area contributed by atoms with Gasteiger partial charge in [0.2, 0.25) is 5.16 Å². The maximum Gasteiger partial charge on any atom is 0.258 e. The van der Waals surface area contributed by atoms with Gasteiger partial charge in [0.1, 0.15) is 5.82 Å². The summed E-state index contributed by atoms with van der Waals surface area (Å²) in [5, 5.41) is 13.1. The summed E-state index contributed by atoms with van der Waals surface area (Å²) in [6.45, 7) is 3.98. The first-order chi connectivity index (χ1) is 12.6. The molecule has 0 aliphatic rings. The van der Waals surface area contributed by atoms with Crippen molar-refractivity contribution < 1.29 is 0 Å². The number of benzene rings is 2. The minimum absolute atomic E-state index is 0.124. The van der Waals surface area contributed by atoms with Gasteiger partial charge in [-0.15, -0.1) is 5.10 Å². The fraction of sp³-hybridized carbons (Fsp3) is 0.167. The number of hydrogen-bond acceptors (Lipinski definition) is 6. The Morgan fingerprint density at radius 2 is 1.88 bits per heavy atom. The van der Waals surface area contributed by atoms with Crippen LogP contribution in [-0.4, -0.2) is 30.2 Å². The molecule has 8 heteroatoms. The number of nitrogens with one attached hydrogen (secondary N) is 1. The number of aromatic nitrogens is 6. The van der Waals surface area contributed by atoms with Gasteiger partial charge >= 0.3 is 0 Å². The molecule has 7 nitrogen and oxygen atoms in total. The summed E-state index contributed by atoms with van der Waals surface area (Å²) in [7, 11) is 0. The minimum Gasteiger partial charge on any atom is -0.309 e.